The van der Waals surface area contributed by atoms with Gasteiger partial charge < -0.3 is 5.84 Å². The fraction of sp³-hybridized carbons (Fsp3) is 0. The molecule has 0 aliphatic heterocycles. The lowest BCUT2D eigenvalue weighted by Crippen LogP contribution is -2.09. The molecule has 0 bridgehead atoms. The average Bonchev–Trinajstić information content (AvgIpc) is 2.48. The normalized spacial score (nSPS) is 10.4. The first kappa shape index (κ1) is 9.66. The maximum absolute atomic E-state index is 5.70. The molecule has 2 aromatic rings. The zero-order valence-corrected chi connectivity index (χ0v) is 10.0. The molecule has 0 saturated heterocycles. The first-order chi connectivity index (χ1) is 6.68. The molecular formula is C8H7IN4S. The Bertz CT molecular complexity index is 516. The van der Waals surface area contributed by atoms with Crippen LogP contribution in [0, 0.1) is 8.34 Å². The fourth-order valence-electron chi connectivity index (χ4n) is 1.14. The van der Waals surface area contributed by atoms with E-state index in [0.717, 1.165) is 9.13 Å². The van der Waals surface area contributed by atoms with Gasteiger partial charge in [-0.3, -0.25) is 0 Å². The van der Waals surface area contributed by atoms with Gasteiger partial charge in [0.05, 0.1) is 0 Å². The van der Waals surface area contributed by atoms with Gasteiger partial charge in [0.2, 0.25) is 4.77 Å². The van der Waals surface area contributed by atoms with Crippen LogP contribution in [0.1, 0.15) is 0 Å². The van der Waals surface area contributed by atoms with Gasteiger partial charge in [-0.15, -0.1) is 0 Å². The third kappa shape index (κ3) is 1.67. The number of nitrogen functional groups attached to an aromatic ring is 1. The van der Waals surface area contributed by atoms with E-state index in [1.165, 1.54) is 4.68 Å². The second-order valence-corrected chi connectivity index (χ2v) is 4.37. The van der Waals surface area contributed by atoms with Crippen molar-refractivity contribution in [2.24, 2.45) is 0 Å². The Labute approximate surface area is 99.2 Å². The van der Waals surface area contributed by atoms with Crippen LogP contribution < -0.4 is 5.84 Å². The Morgan fingerprint density at radius 2 is 2.29 bits per heavy atom. The summed E-state index contributed by atoms with van der Waals surface area (Å²) >= 11 is 7.16. The SMILES string of the molecule is Nn1c(-c2cccc(I)c2)n[nH]c1=S. The summed E-state index contributed by atoms with van der Waals surface area (Å²) in [6.07, 6.45) is 0. The van der Waals surface area contributed by atoms with Crippen LogP contribution in [-0.2, 0) is 0 Å². The van der Waals surface area contributed by atoms with Gasteiger partial charge in [0.25, 0.3) is 0 Å². The van der Waals surface area contributed by atoms with Crippen molar-refractivity contribution < 1.29 is 0 Å². The summed E-state index contributed by atoms with van der Waals surface area (Å²) in [4.78, 5) is 0. The van der Waals surface area contributed by atoms with Gasteiger partial charge in [-0.05, 0) is 46.9 Å². The van der Waals surface area contributed by atoms with Crippen molar-refractivity contribution in [1.82, 2.24) is 14.9 Å². The lowest BCUT2D eigenvalue weighted by molar-refractivity contribution is 0.984. The van der Waals surface area contributed by atoms with E-state index < -0.39 is 0 Å². The number of aromatic nitrogens is 3. The zero-order valence-electron chi connectivity index (χ0n) is 7.07. The molecule has 0 radical (unpaired) electrons. The lowest BCUT2D eigenvalue weighted by Gasteiger charge is -2.00. The topological polar surface area (TPSA) is 59.6 Å². The van der Waals surface area contributed by atoms with Gasteiger partial charge in [0.1, 0.15) is 0 Å². The number of H-pyrrole nitrogens is 1. The molecule has 0 amide bonds. The number of nitrogens with two attached hydrogens (primary N) is 1. The Morgan fingerprint density at radius 3 is 2.86 bits per heavy atom. The molecular weight excluding hydrogens is 311 g/mol. The molecule has 3 N–H and O–H groups in total. The van der Waals surface area contributed by atoms with Crippen LogP contribution in [0.15, 0.2) is 24.3 Å². The molecule has 0 spiro atoms. The first-order valence-electron chi connectivity index (χ1n) is 3.87. The molecule has 1 aromatic heterocycles. The minimum atomic E-state index is 0.416. The number of hydrogen-bond acceptors (Lipinski definition) is 3. The first-order valence-corrected chi connectivity index (χ1v) is 5.35. The molecule has 0 saturated carbocycles. The van der Waals surface area contributed by atoms with E-state index >= 15 is 0 Å². The molecule has 6 heteroatoms. The van der Waals surface area contributed by atoms with Gasteiger partial charge in [-0.1, -0.05) is 12.1 Å². The predicted molar refractivity (Wildman–Crippen MR) is 65.7 cm³/mol. The van der Waals surface area contributed by atoms with Crippen molar-refractivity contribution in [3.8, 4) is 11.4 Å². The van der Waals surface area contributed by atoms with E-state index in [2.05, 4.69) is 32.8 Å². The second-order valence-electron chi connectivity index (χ2n) is 2.73. The highest BCUT2D eigenvalue weighted by Gasteiger charge is 2.05. The molecule has 2 rings (SSSR count). The molecule has 0 aliphatic carbocycles. The summed E-state index contributed by atoms with van der Waals surface area (Å²) < 4.78 is 2.91. The van der Waals surface area contributed by atoms with Gasteiger partial charge in [-0.2, -0.15) is 5.10 Å². The molecule has 1 heterocycles. The Kier molecular flexibility index (Phi) is 2.55. The number of nitrogens with zero attached hydrogens (tertiary/aromatic N) is 2. The van der Waals surface area contributed by atoms with Crippen molar-refractivity contribution >= 4 is 34.8 Å². The summed E-state index contributed by atoms with van der Waals surface area (Å²) in [6.45, 7) is 0. The highest BCUT2D eigenvalue weighted by molar-refractivity contribution is 14.1. The summed E-state index contributed by atoms with van der Waals surface area (Å²) in [5.74, 6) is 6.35. The van der Waals surface area contributed by atoms with E-state index in [1.54, 1.807) is 0 Å². The van der Waals surface area contributed by atoms with E-state index in [9.17, 15) is 0 Å². The van der Waals surface area contributed by atoms with Crippen LogP contribution in [0.25, 0.3) is 11.4 Å². The van der Waals surface area contributed by atoms with E-state index in [-0.39, 0.29) is 0 Å². The van der Waals surface area contributed by atoms with Crippen molar-refractivity contribution in [3.05, 3.63) is 32.6 Å². The summed E-state index contributed by atoms with van der Waals surface area (Å²) in [5, 5.41) is 6.69. The largest absolute Gasteiger partial charge is 0.335 e. The van der Waals surface area contributed by atoms with E-state index in [0.29, 0.717) is 10.6 Å². The monoisotopic (exact) mass is 318 g/mol. The van der Waals surface area contributed by atoms with Crippen LogP contribution in [0.4, 0.5) is 0 Å². The zero-order chi connectivity index (χ0) is 10.1. The third-order valence-corrected chi connectivity index (χ3v) is 2.75. The van der Waals surface area contributed by atoms with Crippen LogP contribution in [0.3, 0.4) is 0 Å². The highest BCUT2D eigenvalue weighted by atomic mass is 127. The van der Waals surface area contributed by atoms with Crippen LogP contribution >= 0.6 is 34.8 Å². The van der Waals surface area contributed by atoms with Gasteiger partial charge in [-0.25, -0.2) is 9.77 Å². The highest BCUT2D eigenvalue weighted by Crippen LogP contribution is 2.17. The van der Waals surface area contributed by atoms with Crippen molar-refractivity contribution in [1.29, 1.82) is 0 Å². The molecule has 14 heavy (non-hydrogen) atoms. The van der Waals surface area contributed by atoms with Crippen LogP contribution in [0.5, 0.6) is 0 Å². The smallest absolute Gasteiger partial charge is 0.214 e. The number of nitrogens with one attached hydrogen (secondary N) is 1. The average molecular weight is 318 g/mol. The van der Waals surface area contributed by atoms with Crippen molar-refractivity contribution in [2.45, 2.75) is 0 Å². The van der Waals surface area contributed by atoms with Crippen LogP contribution in [0.2, 0.25) is 0 Å². The summed E-state index contributed by atoms with van der Waals surface area (Å²) in [6, 6.07) is 7.90. The summed E-state index contributed by atoms with van der Waals surface area (Å²) in [5.41, 5.74) is 0.951. The number of rotatable bonds is 1. The standard InChI is InChI=1S/C8H7IN4S/c9-6-3-1-2-5(4-6)7-11-12-8(14)13(7)10/h1-4H,10H2,(H,12,14). The van der Waals surface area contributed by atoms with Gasteiger partial charge >= 0.3 is 0 Å². The maximum Gasteiger partial charge on any atom is 0.214 e. The molecule has 72 valence electrons. The Morgan fingerprint density at radius 1 is 1.50 bits per heavy atom. The maximum atomic E-state index is 5.70. The summed E-state index contributed by atoms with van der Waals surface area (Å²) in [7, 11) is 0. The number of halogens is 1. The molecule has 4 nitrogen and oxygen atoms in total. The van der Waals surface area contributed by atoms with Gasteiger partial charge in [0.15, 0.2) is 5.82 Å². The van der Waals surface area contributed by atoms with Crippen molar-refractivity contribution in [2.75, 3.05) is 5.84 Å². The number of benzene rings is 1. The predicted octanol–water partition coefficient (Wildman–Crippen LogP) is 1.93. The molecule has 1 aromatic carbocycles. The third-order valence-electron chi connectivity index (χ3n) is 1.79. The number of hydrogen-bond donors (Lipinski definition) is 2. The second kappa shape index (κ2) is 3.70. The fourth-order valence-corrected chi connectivity index (χ4v) is 1.81. The quantitative estimate of drug-likeness (QED) is 0.480. The molecule has 0 unspecified atom stereocenters. The van der Waals surface area contributed by atoms with E-state index in [1.807, 2.05) is 24.3 Å². The Hall–Kier alpha value is -0.890. The molecule has 0 aliphatic rings. The van der Waals surface area contributed by atoms with E-state index in [4.69, 9.17) is 18.1 Å². The molecule has 0 atom stereocenters. The Balaban J connectivity index is 2.60. The minimum absolute atomic E-state index is 0.416. The van der Waals surface area contributed by atoms with Crippen LogP contribution in [-0.4, -0.2) is 14.9 Å². The lowest BCUT2D eigenvalue weighted by atomic mass is 10.2. The van der Waals surface area contributed by atoms with Crippen molar-refractivity contribution in [3.63, 3.8) is 0 Å². The minimum Gasteiger partial charge on any atom is -0.335 e. The molecule has 0 fully saturated rings. The number of aromatic amines is 1. The van der Waals surface area contributed by atoms with Gasteiger partial charge in [0, 0.05) is 9.13 Å².